The van der Waals surface area contributed by atoms with E-state index in [1.807, 2.05) is 0 Å². The zero-order valence-electron chi connectivity index (χ0n) is 13.2. The van der Waals surface area contributed by atoms with Crippen LogP contribution in [0.2, 0.25) is 0 Å². The van der Waals surface area contributed by atoms with Gasteiger partial charge < -0.3 is 5.32 Å². The van der Waals surface area contributed by atoms with Gasteiger partial charge in [-0.25, -0.2) is 15.1 Å². The Morgan fingerprint density at radius 1 is 1.42 bits per heavy atom. The minimum Gasteiger partial charge on any atom is -0.355 e. The number of carbonyl (C=O) groups is 1. The number of tetrazole rings is 1. The van der Waals surface area contributed by atoms with E-state index in [1.54, 1.807) is 16.0 Å². The van der Waals surface area contributed by atoms with E-state index in [4.69, 9.17) is 4.98 Å². The molecule has 2 aliphatic rings. The van der Waals surface area contributed by atoms with Gasteiger partial charge in [0, 0.05) is 24.4 Å². The van der Waals surface area contributed by atoms with E-state index >= 15 is 0 Å². The first-order valence-corrected chi connectivity index (χ1v) is 9.09. The Kier molecular flexibility index (Phi) is 4.50. The maximum absolute atomic E-state index is 12.4. The molecule has 0 radical (unpaired) electrons. The van der Waals surface area contributed by atoms with Gasteiger partial charge in [0.15, 0.2) is 0 Å². The molecule has 3 heterocycles. The first kappa shape index (κ1) is 15.6. The molecule has 2 aromatic rings. The summed E-state index contributed by atoms with van der Waals surface area (Å²) >= 11 is 1.80. The van der Waals surface area contributed by atoms with E-state index in [0.29, 0.717) is 13.1 Å². The number of hydrazine groups is 1. The maximum atomic E-state index is 12.4. The van der Waals surface area contributed by atoms with Crippen molar-refractivity contribution in [2.24, 2.45) is 5.92 Å². The molecule has 3 N–H and O–H groups in total. The van der Waals surface area contributed by atoms with Gasteiger partial charge in [-0.15, -0.1) is 16.4 Å². The standard InChI is InChI=1S/C14H20N8OS/c23-14(9-7-16-19-13(9)22-8-17-20-21-22)15-6-5-12-18-10-3-1-2-4-11(10)24-12/h8-9,13,16,19H,1-7H2,(H,15,23). The van der Waals surface area contributed by atoms with E-state index in [2.05, 4.69) is 31.7 Å². The minimum atomic E-state index is -0.271. The summed E-state index contributed by atoms with van der Waals surface area (Å²) in [6, 6.07) is 0. The van der Waals surface area contributed by atoms with E-state index in [-0.39, 0.29) is 18.0 Å². The van der Waals surface area contributed by atoms with Crippen molar-refractivity contribution < 1.29 is 4.79 Å². The molecule has 0 bridgehead atoms. The average molecular weight is 348 g/mol. The first-order chi connectivity index (χ1) is 11.8. The van der Waals surface area contributed by atoms with Crippen molar-refractivity contribution in [3.63, 3.8) is 0 Å². The molecule has 1 fully saturated rings. The SMILES string of the molecule is O=C(NCCc1nc2c(s1)CCCC2)C1CNNC1n1cnnn1. The predicted octanol–water partition coefficient (Wildman–Crippen LogP) is -0.410. The van der Waals surface area contributed by atoms with Gasteiger partial charge in [-0.3, -0.25) is 10.2 Å². The normalized spacial score (nSPS) is 23.2. The molecule has 4 rings (SSSR count). The Hall–Kier alpha value is -1.91. The number of aryl methyl sites for hydroxylation is 2. The van der Waals surface area contributed by atoms with Crippen LogP contribution in [0.1, 0.15) is 34.6 Å². The highest BCUT2D eigenvalue weighted by molar-refractivity contribution is 7.11. The van der Waals surface area contributed by atoms with Gasteiger partial charge in [0.1, 0.15) is 12.5 Å². The molecule has 24 heavy (non-hydrogen) atoms. The van der Waals surface area contributed by atoms with Crippen LogP contribution < -0.4 is 16.2 Å². The van der Waals surface area contributed by atoms with Gasteiger partial charge in [0.2, 0.25) is 5.91 Å². The van der Waals surface area contributed by atoms with Crippen molar-refractivity contribution >= 4 is 17.2 Å². The topological polar surface area (TPSA) is 110 Å². The van der Waals surface area contributed by atoms with Crippen molar-refractivity contribution in [3.05, 3.63) is 21.9 Å². The number of rotatable bonds is 5. The first-order valence-electron chi connectivity index (χ1n) is 8.27. The summed E-state index contributed by atoms with van der Waals surface area (Å²) in [4.78, 5) is 18.6. The van der Waals surface area contributed by atoms with E-state index in [9.17, 15) is 4.79 Å². The van der Waals surface area contributed by atoms with Crippen molar-refractivity contribution in [2.75, 3.05) is 13.1 Å². The number of hydrogen-bond donors (Lipinski definition) is 3. The average Bonchev–Trinajstić information content (AvgIpc) is 3.33. The molecule has 9 nitrogen and oxygen atoms in total. The van der Waals surface area contributed by atoms with Crippen LogP contribution in [0.15, 0.2) is 6.33 Å². The van der Waals surface area contributed by atoms with Crippen LogP contribution >= 0.6 is 11.3 Å². The fourth-order valence-electron chi connectivity index (χ4n) is 3.20. The summed E-state index contributed by atoms with van der Waals surface area (Å²) in [7, 11) is 0. The number of thiazole rings is 1. The van der Waals surface area contributed by atoms with Gasteiger partial charge in [-0.1, -0.05) is 0 Å². The van der Waals surface area contributed by atoms with Crippen LogP contribution in [0.5, 0.6) is 0 Å². The zero-order valence-corrected chi connectivity index (χ0v) is 14.1. The molecule has 2 unspecified atom stereocenters. The molecule has 2 aromatic heterocycles. The fraction of sp³-hybridized carbons (Fsp3) is 0.643. The molecule has 1 amide bonds. The van der Waals surface area contributed by atoms with Gasteiger partial charge in [0.25, 0.3) is 0 Å². The molecule has 2 atom stereocenters. The number of aromatic nitrogens is 5. The predicted molar refractivity (Wildman–Crippen MR) is 87.0 cm³/mol. The molecule has 0 aromatic carbocycles. The summed E-state index contributed by atoms with van der Waals surface area (Å²) in [5.74, 6) is -0.257. The highest BCUT2D eigenvalue weighted by Gasteiger charge is 2.34. The molecule has 1 aliphatic carbocycles. The molecule has 1 saturated heterocycles. The van der Waals surface area contributed by atoms with Crippen LogP contribution in [-0.4, -0.2) is 44.2 Å². The molecule has 0 spiro atoms. The van der Waals surface area contributed by atoms with Crippen molar-refractivity contribution in [3.8, 4) is 0 Å². The summed E-state index contributed by atoms with van der Waals surface area (Å²) < 4.78 is 1.55. The van der Waals surface area contributed by atoms with Crippen LogP contribution in [0.4, 0.5) is 0 Å². The summed E-state index contributed by atoms with van der Waals surface area (Å²) in [5, 5.41) is 15.2. The van der Waals surface area contributed by atoms with Crippen LogP contribution in [0, 0.1) is 5.92 Å². The number of fused-ring (bicyclic) bond motifs is 1. The lowest BCUT2D eigenvalue weighted by molar-refractivity contribution is -0.125. The Bertz CT molecular complexity index is 676. The highest BCUT2D eigenvalue weighted by atomic mass is 32.1. The third-order valence-corrected chi connectivity index (χ3v) is 5.68. The Morgan fingerprint density at radius 2 is 2.33 bits per heavy atom. The molecule has 1 aliphatic heterocycles. The Balaban J connectivity index is 1.31. The molecule has 0 saturated carbocycles. The molecular weight excluding hydrogens is 328 g/mol. The van der Waals surface area contributed by atoms with Gasteiger partial charge in [0.05, 0.1) is 16.6 Å². The summed E-state index contributed by atoms with van der Waals surface area (Å²) in [6.45, 7) is 1.14. The second-order valence-electron chi connectivity index (χ2n) is 6.09. The van der Waals surface area contributed by atoms with Gasteiger partial charge in [-0.2, -0.15) is 0 Å². The minimum absolute atomic E-state index is 0.00526. The number of carbonyl (C=O) groups excluding carboxylic acids is 1. The summed E-state index contributed by atoms with van der Waals surface area (Å²) in [5.41, 5.74) is 7.30. The molecule has 10 heteroatoms. The van der Waals surface area contributed by atoms with E-state index in [0.717, 1.165) is 24.3 Å². The Morgan fingerprint density at radius 3 is 3.17 bits per heavy atom. The maximum Gasteiger partial charge on any atom is 0.228 e. The second-order valence-corrected chi connectivity index (χ2v) is 7.26. The monoisotopic (exact) mass is 348 g/mol. The second kappa shape index (κ2) is 6.91. The van der Waals surface area contributed by atoms with Crippen molar-refractivity contribution in [1.29, 1.82) is 0 Å². The summed E-state index contributed by atoms with van der Waals surface area (Å²) in [6.07, 6.45) is 6.79. The third-order valence-electron chi connectivity index (χ3n) is 4.47. The molecular formula is C14H20N8OS. The quantitative estimate of drug-likeness (QED) is 0.674. The number of nitrogens with one attached hydrogen (secondary N) is 3. The largest absolute Gasteiger partial charge is 0.355 e. The van der Waals surface area contributed by atoms with Gasteiger partial charge >= 0.3 is 0 Å². The third kappa shape index (κ3) is 3.17. The number of amides is 1. The van der Waals surface area contributed by atoms with E-state index < -0.39 is 0 Å². The lowest BCUT2D eigenvalue weighted by atomic mass is 10.0. The lowest BCUT2D eigenvalue weighted by Crippen LogP contribution is -2.38. The lowest BCUT2D eigenvalue weighted by Gasteiger charge is -2.17. The van der Waals surface area contributed by atoms with Crippen molar-refractivity contribution in [2.45, 2.75) is 38.3 Å². The fourth-order valence-corrected chi connectivity index (χ4v) is 4.36. The van der Waals surface area contributed by atoms with Gasteiger partial charge in [-0.05, 0) is 36.1 Å². The van der Waals surface area contributed by atoms with E-state index in [1.165, 1.54) is 29.7 Å². The van der Waals surface area contributed by atoms with Crippen molar-refractivity contribution in [1.82, 2.24) is 41.4 Å². The Labute approximate surface area is 143 Å². The van der Waals surface area contributed by atoms with Crippen LogP contribution in [0.3, 0.4) is 0 Å². The van der Waals surface area contributed by atoms with Crippen LogP contribution in [-0.2, 0) is 24.1 Å². The number of nitrogens with zero attached hydrogens (tertiary/aromatic N) is 5. The highest BCUT2D eigenvalue weighted by Crippen LogP contribution is 2.26. The molecule has 128 valence electrons. The smallest absolute Gasteiger partial charge is 0.228 e. The van der Waals surface area contributed by atoms with Crippen LogP contribution in [0.25, 0.3) is 0 Å². The number of hydrogen-bond acceptors (Lipinski definition) is 8. The zero-order chi connectivity index (χ0) is 16.4.